The Morgan fingerprint density at radius 1 is 1.35 bits per heavy atom. The molecule has 0 aromatic carbocycles. The van der Waals surface area contributed by atoms with Crippen LogP contribution in [0.4, 0.5) is 0 Å². The highest BCUT2D eigenvalue weighted by atomic mass is 32.2. The lowest BCUT2D eigenvalue weighted by Gasteiger charge is -2.04. The van der Waals surface area contributed by atoms with Crippen LogP contribution < -0.4 is 10.0 Å². The van der Waals surface area contributed by atoms with Crippen LogP contribution in [0.15, 0.2) is 22.5 Å². The second kappa shape index (κ2) is 6.04. The minimum Gasteiger partial charge on any atom is -0.315 e. The van der Waals surface area contributed by atoms with Gasteiger partial charge in [0.05, 0.1) is 6.20 Å². The van der Waals surface area contributed by atoms with Crippen molar-refractivity contribution in [2.75, 3.05) is 7.05 Å². The minimum absolute atomic E-state index is 0.251. The van der Waals surface area contributed by atoms with Gasteiger partial charge >= 0.3 is 0 Å². The summed E-state index contributed by atoms with van der Waals surface area (Å²) in [6, 6.07) is 3.46. The average Bonchev–Trinajstić information content (AvgIpc) is 2.98. The molecule has 0 amide bonds. The Hall–Kier alpha value is -1.22. The van der Waals surface area contributed by atoms with Gasteiger partial charge in [-0.15, -0.1) is 11.3 Å². The first kappa shape index (κ1) is 15.2. The SMILES string of the molecule is CNCc1ccc(S(=O)(=O)NCc2cnn(C)c2C)s1. The summed E-state index contributed by atoms with van der Waals surface area (Å²) in [6.45, 7) is 2.83. The van der Waals surface area contributed by atoms with Gasteiger partial charge in [0.1, 0.15) is 4.21 Å². The Bertz CT molecular complexity index is 688. The third-order valence-corrected chi connectivity index (χ3v) is 6.02. The molecule has 6 nitrogen and oxygen atoms in total. The van der Waals surface area contributed by atoms with E-state index in [4.69, 9.17) is 0 Å². The Balaban J connectivity index is 2.08. The van der Waals surface area contributed by atoms with Crippen LogP contribution in [0.5, 0.6) is 0 Å². The van der Waals surface area contributed by atoms with E-state index in [1.165, 1.54) is 11.3 Å². The summed E-state index contributed by atoms with van der Waals surface area (Å²) in [5, 5.41) is 7.10. The highest BCUT2D eigenvalue weighted by Gasteiger charge is 2.17. The molecule has 0 spiro atoms. The predicted molar refractivity (Wildman–Crippen MR) is 79.1 cm³/mol. The zero-order valence-corrected chi connectivity index (χ0v) is 13.3. The average molecular weight is 314 g/mol. The summed E-state index contributed by atoms with van der Waals surface area (Å²) in [5.41, 5.74) is 1.83. The van der Waals surface area contributed by atoms with Gasteiger partial charge in [0, 0.05) is 36.3 Å². The quantitative estimate of drug-likeness (QED) is 0.833. The molecule has 0 saturated carbocycles. The van der Waals surface area contributed by atoms with E-state index in [-0.39, 0.29) is 6.54 Å². The van der Waals surface area contributed by atoms with E-state index in [9.17, 15) is 8.42 Å². The Kier molecular flexibility index (Phi) is 4.59. The largest absolute Gasteiger partial charge is 0.315 e. The molecular weight excluding hydrogens is 296 g/mol. The number of rotatable bonds is 6. The second-order valence-electron chi connectivity index (χ2n) is 4.45. The lowest BCUT2D eigenvalue weighted by molar-refractivity contribution is 0.583. The number of hydrogen-bond acceptors (Lipinski definition) is 5. The van der Waals surface area contributed by atoms with Gasteiger partial charge in [-0.25, -0.2) is 13.1 Å². The summed E-state index contributed by atoms with van der Waals surface area (Å²) in [4.78, 5) is 0.991. The fraction of sp³-hybridized carbons (Fsp3) is 0.417. The van der Waals surface area contributed by atoms with Gasteiger partial charge in [0.15, 0.2) is 0 Å². The summed E-state index contributed by atoms with van der Waals surface area (Å²) < 4.78 is 29.1. The van der Waals surface area contributed by atoms with Crippen LogP contribution in [0, 0.1) is 6.92 Å². The number of aromatic nitrogens is 2. The lowest BCUT2D eigenvalue weighted by atomic mass is 10.3. The first-order valence-electron chi connectivity index (χ1n) is 6.14. The molecular formula is C12H18N4O2S2. The molecule has 0 radical (unpaired) electrons. The summed E-state index contributed by atoms with van der Waals surface area (Å²) >= 11 is 1.28. The normalized spacial score (nSPS) is 11.9. The smallest absolute Gasteiger partial charge is 0.250 e. The molecule has 2 heterocycles. The summed E-state index contributed by atoms with van der Waals surface area (Å²) in [5.74, 6) is 0. The van der Waals surface area contributed by atoms with E-state index < -0.39 is 10.0 Å². The topological polar surface area (TPSA) is 76.0 Å². The molecule has 0 saturated heterocycles. The molecule has 2 rings (SSSR count). The zero-order chi connectivity index (χ0) is 14.8. The highest BCUT2D eigenvalue weighted by Crippen LogP contribution is 2.21. The van der Waals surface area contributed by atoms with Crippen LogP contribution in [0.2, 0.25) is 0 Å². The molecule has 2 aromatic rings. The molecule has 20 heavy (non-hydrogen) atoms. The van der Waals surface area contributed by atoms with Gasteiger partial charge in [-0.2, -0.15) is 5.10 Å². The van der Waals surface area contributed by atoms with Gasteiger partial charge in [-0.05, 0) is 26.1 Å². The highest BCUT2D eigenvalue weighted by molar-refractivity contribution is 7.91. The molecule has 8 heteroatoms. The van der Waals surface area contributed by atoms with Crippen molar-refractivity contribution in [2.45, 2.75) is 24.2 Å². The first-order valence-corrected chi connectivity index (χ1v) is 8.44. The van der Waals surface area contributed by atoms with Crippen LogP contribution in [-0.2, 0) is 30.2 Å². The van der Waals surface area contributed by atoms with E-state index in [1.807, 2.05) is 27.1 Å². The van der Waals surface area contributed by atoms with Crippen molar-refractivity contribution in [3.05, 3.63) is 34.5 Å². The molecule has 0 aliphatic heterocycles. The fourth-order valence-electron chi connectivity index (χ4n) is 1.73. The Labute approximate surface area is 122 Å². The Morgan fingerprint density at radius 2 is 2.10 bits per heavy atom. The van der Waals surface area contributed by atoms with Crippen LogP contribution in [0.3, 0.4) is 0 Å². The van der Waals surface area contributed by atoms with Gasteiger partial charge in [-0.3, -0.25) is 4.68 Å². The fourth-order valence-corrected chi connectivity index (χ4v) is 4.15. The minimum atomic E-state index is -3.46. The number of aryl methyl sites for hydroxylation is 1. The van der Waals surface area contributed by atoms with Gasteiger partial charge < -0.3 is 5.32 Å². The molecule has 0 atom stereocenters. The molecule has 2 aromatic heterocycles. The molecule has 0 aliphatic carbocycles. The summed E-state index contributed by atoms with van der Waals surface area (Å²) in [7, 11) is 0.201. The number of nitrogens with zero attached hydrogens (tertiary/aromatic N) is 2. The van der Waals surface area contributed by atoms with Crippen molar-refractivity contribution in [3.63, 3.8) is 0 Å². The van der Waals surface area contributed by atoms with Crippen molar-refractivity contribution in [1.29, 1.82) is 0 Å². The lowest BCUT2D eigenvalue weighted by Crippen LogP contribution is -2.22. The number of sulfonamides is 1. The zero-order valence-electron chi connectivity index (χ0n) is 11.7. The standard InChI is InChI=1S/C12H18N4O2S2/c1-9-10(6-14-16(9)3)7-15-20(17,18)12-5-4-11(19-12)8-13-2/h4-6,13,15H,7-8H2,1-3H3. The van der Waals surface area contributed by atoms with Crippen LogP contribution >= 0.6 is 11.3 Å². The van der Waals surface area contributed by atoms with Crippen molar-refractivity contribution in [3.8, 4) is 0 Å². The van der Waals surface area contributed by atoms with Crippen LogP contribution in [0.25, 0.3) is 0 Å². The maximum Gasteiger partial charge on any atom is 0.250 e. The van der Waals surface area contributed by atoms with E-state index in [0.717, 1.165) is 16.1 Å². The molecule has 0 bridgehead atoms. The Morgan fingerprint density at radius 3 is 2.70 bits per heavy atom. The van der Waals surface area contributed by atoms with E-state index in [2.05, 4.69) is 15.1 Å². The molecule has 0 unspecified atom stereocenters. The maximum atomic E-state index is 12.2. The monoisotopic (exact) mass is 314 g/mol. The van der Waals surface area contributed by atoms with Gasteiger partial charge in [0.25, 0.3) is 0 Å². The van der Waals surface area contributed by atoms with Crippen LogP contribution in [0.1, 0.15) is 16.1 Å². The van der Waals surface area contributed by atoms with E-state index in [0.29, 0.717) is 10.8 Å². The third-order valence-electron chi connectivity index (χ3n) is 3.04. The molecule has 0 fully saturated rings. The van der Waals surface area contributed by atoms with E-state index in [1.54, 1.807) is 16.9 Å². The number of thiophene rings is 1. The molecule has 0 aliphatic rings. The second-order valence-corrected chi connectivity index (χ2v) is 7.62. The van der Waals surface area contributed by atoms with Crippen LogP contribution in [-0.4, -0.2) is 25.2 Å². The van der Waals surface area contributed by atoms with Crippen molar-refractivity contribution >= 4 is 21.4 Å². The third kappa shape index (κ3) is 3.26. The van der Waals surface area contributed by atoms with Crippen molar-refractivity contribution in [1.82, 2.24) is 19.8 Å². The number of hydrogen-bond donors (Lipinski definition) is 2. The van der Waals surface area contributed by atoms with Gasteiger partial charge in [-0.1, -0.05) is 0 Å². The first-order chi connectivity index (χ1) is 9.44. The van der Waals surface area contributed by atoms with Crippen molar-refractivity contribution in [2.24, 2.45) is 7.05 Å². The van der Waals surface area contributed by atoms with E-state index >= 15 is 0 Å². The predicted octanol–water partition coefficient (Wildman–Crippen LogP) is 0.988. The number of nitrogens with one attached hydrogen (secondary N) is 2. The molecule has 2 N–H and O–H groups in total. The molecule has 110 valence electrons. The van der Waals surface area contributed by atoms with Gasteiger partial charge in [0.2, 0.25) is 10.0 Å². The maximum absolute atomic E-state index is 12.2. The summed E-state index contributed by atoms with van der Waals surface area (Å²) in [6.07, 6.45) is 1.68. The van der Waals surface area contributed by atoms with Crippen molar-refractivity contribution < 1.29 is 8.42 Å².